The van der Waals surface area contributed by atoms with Crippen molar-refractivity contribution >= 4 is 17.7 Å². The standard InChI is InChI=1S/C12H23N3O2S/c1-2-16-17-7-5-3-4-6-10-11-9(8-18-10)14-12(13)15-11/h9-11H,2-8H2,1H3,(H3,13,14,15)/t9?,10-,11?/m0/s1. The van der Waals surface area contributed by atoms with Gasteiger partial charge in [0.15, 0.2) is 5.96 Å². The lowest BCUT2D eigenvalue weighted by molar-refractivity contribution is -0.291. The van der Waals surface area contributed by atoms with Crippen molar-refractivity contribution in [2.45, 2.75) is 49.9 Å². The summed E-state index contributed by atoms with van der Waals surface area (Å²) in [5.41, 5.74) is 5.71. The molecule has 2 aliphatic heterocycles. The lowest BCUT2D eigenvalue weighted by Crippen LogP contribution is -2.38. The Bertz CT molecular complexity index is 288. The molecule has 104 valence electrons. The first-order chi connectivity index (χ1) is 8.81. The number of nitrogens with one attached hydrogen (secondary N) is 1. The molecule has 0 aromatic heterocycles. The number of guanidine groups is 1. The Labute approximate surface area is 113 Å². The summed E-state index contributed by atoms with van der Waals surface area (Å²) in [6.45, 7) is 3.24. The van der Waals surface area contributed by atoms with Crippen molar-refractivity contribution in [3.63, 3.8) is 0 Å². The van der Waals surface area contributed by atoms with Crippen LogP contribution in [-0.2, 0) is 9.78 Å². The fourth-order valence-electron chi connectivity index (χ4n) is 2.45. The molecule has 6 heteroatoms. The molecule has 2 aliphatic rings. The molecule has 5 nitrogen and oxygen atoms in total. The molecule has 3 N–H and O–H groups in total. The van der Waals surface area contributed by atoms with Gasteiger partial charge in [-0.2, -0.15) is 11.8 Å². The highest BCUT2D eigenvalue weighted by Crippen LogP contribution is 2.35. The number of fused-ring (bicyclic) bond motifs is 1. The van der Waals surface area contributed by atoms with Crippen LogP contribution in [0, 0.1) is 0 Å². The van der Waals surface area contributed by atoms with Crippen LogP contribution >= 0.6 is 11.8 Å². The normalized spacial score (nSPS) is 30.1. The van der Waals surface area contributed by atoms with E-state index >= 15 is 0 Å². The predicted octanol–water partition coefficient (Wildman–Crippen LogP) is 1.29. The smallest absolute Gasteiger partial charge is 0.189 e. The molecule has 18 heavy (non-hydrogen) atoms. The largest absolute Gasteiger partial charge is 0.370 e. The van der Waals surface area contributed by atoms with Gasteiger partial charge in [0.2, 0.25) is 0 Å². The fourth-order valence-corrected chi connectivity index (χ4v) is 3.97. The van der Waals surface area contributed by atoms with E-state index < -0.39 is 0 Å². The predicted molar refractivity (Wildman–Crippen MR) is 74.6 cm³/mol. The van der Waals surface area contributed by atoms with E-state index in [2.05, 4.69) is 10.3 Å². The Morgan fingerprint density at radius 2 is 2.28 bits per heavy atom. The van der Waals surface area contributed by atoms with E-state index in [0.29, 0.717) is 36.5 Å². The van der Waals surface area contributed by atoms with E-state index in [0.717, 1.165) is 12.2 Å². The lowest BCUT2D eigenvalue weighted by atomic mass is 10.0. The van der Waals surface area contributed by atoms with Gasteiger partial charge in [0.05, 0.1) is 25.3 Å². The van der Waals surface area contributed by atoms with Crippen molar-refractivity contribution in [2.24, 2.45) is 10.7 Å². The zero-order valence-electron chi connectivity index (χ0n) is 10.9. The summed E-state index contributed by atoms with van der Waals surface area (Å²) in [5.74, 6) is 1.76. The van der Waals surface area contributed by atoms with E-state index in [9.17, 15) is 0 Å². The van der Waals surface area contributed by atoms with E-state index in [1.54, 1.807) is 0 Å². The number of rotatable bonds is 8. The van der Waals surface area contributed by atoms with Crippen LogP contribution in [0.15, 0.2) is 4.99 Å². The molecule has 2 unspecified atom stereocenters. The van der Waals surface area contributed by atoms with Crippen LogP contribution < -0.4 is 11.1 Å². The second-order valence-corrected chi connectivity index (χ2v) is 5.98. The molecule has 3 atom stereocenters. The lowest BCUT2D eigenvalue weighted by Gasteiger charge is -2.14. The quantitative estimate of drug-likeness (QED) is 0.396. The molecule has 1 fully saturated rings. The van der Waals surface area contributed by atoms with Crippen LogP contribution in [-0.4, -0.2) is 42.3 Å². The second-order valence-electron chi connectivity index (χ2n) is 4.71. The van der Waals surface area contributed by atoms with Gasteiger partial charge in [-0.25, -0.2) is 14.8 Å². The molecule has 0 aromatic carbocycles. The van der Waals surface area contributed by atoms with E-state index in [1.165, 1.54) is 19.3 Å². The molecule has 0 spiro atoms. The molecule has 1 saturated heterocycles. The van der Waals surface area contributed by atoms with Crippen LogP contribution in [0.4, 0.5) is 0 Å². The molecule has 0 radical (unpaired) electrons. The van der Waals surface area contributed by atoms with Crippen molar-refractivity contribution in [3.05, 3.63) is 0 Å². The molecule has 2 rings (SSSR count). The number of hydrogen-bond donors (Lipinski definition) is 2. The first kappa shape index (κ1) is 14.0. The summed E-state index contributed by atoms with van der Waals surface area (Å²) in [6.07, 6.45) is 4.70. The molecule has 0 saturated carbocycles. The number of aliphatic imine (C=N–C) groups is 1. The second kappa shape index (κ2) is 7.21. The van der Waals surface area contributed by atoms with Crippen LogP contribution in [0.3, 0.4) is 0 Å². The Kier molecular flexibility index (Phi) is 5.59. The van der Waals surface area contributed by atoms with Gasteiger partial charge in [-0.05, 0) is 19.8 Å². The van der Waals surface area contributed by atoms with E-state index in [1.807, 2.05) is 18.7 Å². The summed E-state index contributed by atoms with van der Waals surface area (Å²) in [5, 5.41) is 3.88. The SMILES string of the molecule is CCOOCCCCC[C@@H]1SCC2NC(N)=NC21. The number of nitrogens with two attached hydrogens (primary N) is 1. The molecule has 0 aromatic rings. The Morgan fingerprint density at radius 1 is 1.39 bits per heavy atom. The monoisotopic (exact) mass is 273 g/mol. The summed E-state index contributed by atoms with van der Waals surface area (Å²) >= 11 is 2.03. The molecule has 0 bridgehead atoms. The van der Waals surface area contributed by atoms with Gasteiger partial charge in [-0.15, -0.1) is 0 Å². The van der Waals surface area contributed by atoms with Gasteiger partial charge in [-0.1, -0.05) is 12.8 Å². The topological polar surface area (TPSA) is 68.9 Å². The minimum Gasteiger partial charge on any atom is -0.370 e. The van der Waals surface area contributed by atoms with Crippen LogP contribution in [0.25, 0.3) is 0 Å². The van der Waals surface area contributed by atoms with Crippen molar-refractivity contribution in [1.82, 2.24) is 5.32 Å². The highest BCUT2D eigenvalue weighted by molar-refractivity contribution is 8.00. The third-order valence-corrected chi connectivity index (χ3v) is 4.82. The third kappa shape index (κ3) is 3.76. The molecular weight excluding hydrogens is 250 g/mol. The highest BCUT2D eigenvalue weighted by Gasteiger charge is 2.39. The van der Waals surface area contributed by atoms with Gasteiger partial charge in [0.1, 0.15) is 0 Å². The van der Waals surface area contributed by atoms with Crippen molar-refractivity contribution in [3.8, 4) is 0 Å². The zero-order valence-corrected chi connectivity index (χ0v) is 11.7. The number of nitrogens with zero attached hydrogens (tertiary/aromatic N) is 1. The summed E-state index contributed by atoms with van der Waals surface area (Å²) in [6, 6.07) is 0.871. The van der Waals surface area contributed by atoms with Crippen LogP contribution in [0.2, 0.25) is 0 Å². The van der Waals surface area contributed by atoms with Gasteiger partial charge in [-0.3, -0.25) is 0 Å². The van der Waals surface area contributed by atoms with Gasteiger partial charge in [0, 0.05) is 11.0 Å². The summed E-state index contributed by atoms with van der Waals surface area (Å²) < 4.78 is 0. The third-order valence-electron chi connectivity index (χ3n) is 3.32. The Morgan fingerprint density at radius 3 is 3.11 bits per heavy atom. The summed E-state index contributed by atoms with van der Waals surface area (Å²) in [7, 11) is 0. The Hall–Kier alpha value is -0.460. The molecule has 0 amide bonds. The van der Waals surface area contributed by atoms with Gasteiger partial charge >= 0.3 is 0 Å². The van der Waals surface area contributed by atoms with Crippen molar-refractivity contribution < 1.29 is 9.78 Å². The number of hydrogen-bond acceptors (Lipinski definition) is 6. The summed E-state index contributed by atoms with van der Waals surface area (Å²) in [4.78, 5) is 14.3. The van der Waals surface area contributed by atoms with Gasteiger partial charge < -0.3 is 11.1 Å². The van der Waals surface area contributed by atoms with E-state index in [4.69, 9.17) is 15.5 Å². The van der Waals surface area contributed by atoms with E-state index in [-0.39, 0.29) is 0 Å². The first-order valence-corrected chi connectivity index (χ1v) is 7.82. The maximum absolute atomic E-state index is 5.71. The molecule has 0 aliphatic carbocycles. The highest BCUT2D eigenvalue weighted by atomic mass is 32.2. The minimum absolute atomic E-state index is 0.398. The number of unbranched alkanes of at least 4 members (excludes halogenated alkanes) is 2. The number of thioether (sulfide) groups is 1. The van der Waals surface area contributed by atoms with Gasteiger partial charge in [0.25, 0.3) is 0 Å². The average molecular weight is 273 g/mol. The molecular formula is C12H23N3O2S. The van der Waals surface area contributed by atoms with Crippen molar-refractivity contribution in [1.29, 1.82) is 0 Å². The van der Waals surface area contributed by atoms with Crippen LogP contribution in [0.5, 0.6) is 0 Å². The minimum atomic E-state index is 0.398. The zero-order chi connectivity index (χ0) is 12.8. The Balaban J connectivity index is 1.55. The van der Waals surface area contributed by atoms with Crippen molar-refractivity contribution in [2.75, 3.05) is 19.0 Å². The fraction of sp³-hybridized carbons (Fsp3) is 0.917. The molecule has 2 heterocycles. The first-order valence-electron chi connectivity index (χ1n) is 6.77. The van der Waals surface area contributed by atoms with Crippen LogP contribution in [0.1, 0.15) is 32.6 Å². The maximum Gasteiger partial charge on any atom is 0.189 e. The maximum atomic E-state index is 5.71. The average Bonchev–Trinajstić information content (AvgIpc) is 2.88.